The van der Waals surface area contributed by atoms with E-state index in [-0.39, 0.29) is 0 Å². The topological polar surface area (TPSA) is 21.3 Å². The van der Waals surface area contributed by atoms with E-state index in [0.717, 1.165) is 19.8 Å². The molecule has 0 radical (unpaired) electrons. The molecule has 1 saturated heterocycles. The van der Waals surface area contributed by atoms with Crippen LogP contribution in [0.15, 0.2) is 16.8 Å². The molecule has 2 unspecified atom stereocenters. The van der Waals surface area contributed by atoms with E-state index in [1.54, 1.807) is 11.3 Å². The van der Waals surface area contributed by atoms with E-state index in [4.69, 9.17) is 4.74 Å². The van der Waals surface area contributed by atoms with Gasteiger partial charge >= 0.3 is 0 Å². The van der Waals surface area contributed by atoms with Crippen molar-refractivity contribution < 1.29 is 4.74 Å². The quantitative estimate of drug-likeness (QED) is 0.850. The Hall–Kier alpha value is -0.380. The van der Waals surface area contributed by atoms with Gasteiger partial charge in [0.15, 0.2) is 0 Å². The fraction of sp³-hybridized carbons (Fsp3) is 0.667. The fourth-order valence-corrected chi connectivity index (χ4v) is 2.67. The van der Waals surface area contributed by atoms with Crippen LogP contribution in [0.5, 0.6) is 0 Å². The molecule has 1 aromatic heterocycles. The van der Waals surface area contributed by atoms with E-state index >= 15 is 0 Å². The number of ether oxygens (including phenoxy) is 1. The van der Waals surface area contributed by atoms with Crippen molar-refractivity contribution >= 4 is 11.3 Å². The molecule has 2 nitrogen and oxygen atoms in total. The van der Waals surface area contributed by atoms with E-state index in [2.05, 4.69) is 29.1 Å². The lowest BCUT2D eigenvalue weighted by molar-refractivity contribution is 0.0417. The van der Waals surface area contributed by atoms with E-state index < -0.39 is 0 Å². The summed E-state index contributed by atoms with van der Waals surface area (Å²) < 4.78 is 5.50. The largest absolute Gasteiger partial charge is 0.381 e. The smallest absolute Gasteiger partial charge is 0.0509 e. The van der Waals surface area contributed by atoms with Gasteiger partial charge in [0, 0.05) is 19.2 Å². The molecule has 0 saturated carbocycles. The Labute approximate surface area is 95.6 Å². The molecule has 0 bridgehead atoms. The van der Waals surface area contributed by atoms with Gasteiger partial charge in [-0.15, -0.1) is 0 Å². The minimum absolute atomic E-state index is 0.560. The third kappa shape index (κ3) is 3.30. The van der Waals surface area contributed by atoms with Crippen molar-refractivity contribution in [3.63, 3.8) is 0 Å². The lowest BCUT2D eigenvalue weighted by atomic mass is 9.95. The van der Waals surface area contributed by atoms with Crippen molar-refractivity contribution in [1.29, 1.82) is 0 Å². The first-order valence-electron chi connectivity index (χ1n) is 5.68. The highest BCUT2D eigenvalue weighted by molar-refractivity contribution is 7.07. The van der Waals surface area contributed by atoms with Crippen LogP contribution >= 0.6 is 11.3 Å². The van der Waals surface area contributed by atoms with Crippen LogP contribution in [0.25, 0.3) is 0 Å². The number of rotatable bonds is 4. The Kier molecular flexibility index (Phi) is 4.18. The van der Waals surface area contributed by atoms with Crippen molar-refractivity contribution in [3.8, 4) is 0 Å². The Morgan fingerprint density at radius 2 is 2.60 bits per heavy atom. The van der Waals surface area contributed by atoms with Crippen LogP contribution in [-0.2, 0) is 11.3 Å². The summed E-state index contributed by atoms with van der Waals surface area (Å²) in [7, 11) is 0. The lowest BCUT2D eigenvalue weighted by Crippen LogP contribution is -2.37. The summed E-state index contributed by atoms with van der Waals surface area (Å²) in [4.78, 5) is 0. The standard InChI is InChI=1S/C12H19NOS/c1-10(12-3-2-5-14-8-12)13-7-11-4-6-15-9-11/h4,6,9-10,12-13H,2-3,5,7-8H2,1H3. The summed E-state index contributed by atoms with van der Waals surface area (Å²) >= 11 is 1.76. The van der Waals surface area contributed by atoms with Gasteiger partial charge in [-0.3, -0.25) is 0 Å². The summed E-state index contributed by atoms with van der Waals surface area (Å²) in [6, 6.07) is 2.74. The first kappa shape index (κ1) is 11.1. The van der Waals surface area contributed by atoms with Gasteiger partial charge in [-0.1, -0.05) is 0 Å². The van der Waals surface area contributed by atoms with Gasteiger partial charge in [-0.2, -0.15) is 11.3 Å². The maximum atomic E-state index is 5.50. The highest BCUT2D eigenvalue weighted by Crippen LogP contribution is 2.17. The third-order valence-corrected chi connectivity index (χ3v) is 3.84. The van der Waals surface area contributed by atoms with Crippen molar-refractivity contribution in [2.75, 3.05) is 13.2 Å². The molecule has 0 aliphatic carbocycles. The SMILES string of the molecule is CC(NCc1ccsc1)C1CCCOC1. The van der Waals surface area contributed by atoms with Crippen LogP contribution in [0.2, 0.25) is 0 Å². The van der Waals surface area contributed by atoms with Gasteiger partial charge in [0.05, 0.1) is 6.61 Å². The second-order valence-electron chi connectivity index (χ2n) is 4.28. The first-order valence-corrected chi connectivity index (χ1v) is 6.63. The van der Waals surface area contributed by atoms with E-state index in [0.29, 0.717) is 12.0 Å². The zero-order valence-corrected chi connectivity index (χ0v) is 10.1. The van der Waals surface area contributed by atoms with Gasteiger partial charge in [0.2, 0.25) is 0 Å². The molecule has 1 N–H and O–H groups in total. The summed E-state index contributed by atoms with van der Waals surface area (Å²) in [5, 5.41) is 7.92. The van der Waals surface area contributed by atoms with Crippen molar-refractivity contribution in [3.05, 3.63) is 22.4 Å². The highest BCUT2D eigenvalue weighted by atomic mass is 32.1. The number of thiophene rings is 1. The normalized spacial score (nSPS) is 23.9. The van der Waals surface area contributed by atoms with E-state index in [1.807, 2.05) is 0 Å². The molecule has 2 rings (SSSR count). The molecule has 2 heterocycles. The van der Waals surface area contributed by atoms with Crippen LogP contribution in [0.4, 0.5) is 0 Å². The second-order valence-corrected chi connectivity index (χ2v) is 5.06. The average Bonchev–Trinajstić information content (AvgIpc) is 2.80. The van der Waals surface area contributed by atoms with E-state index in [1.165, 1.54) is 18.4 Å². The van der Waals surface area contributed by atoms with Gasteiger partial charge in [0.25, 0.3) is 0 Å². The van der Waals surface area contributed by atoms with Gasteiger partial charge in [0.1, 0.15) is 0 Å². The predicted molar refractivity (Wildman–Crippen MR) is 64.2 cm³/mol. The fourth-order valence-electron chi connectivity index (χ4n) is 2.00. The molecule has 1 fully saturated rings. The minimum atomic E-state index is 0.560. The van der Waals surface area contributed by atoms with Gasteiger partial charge in [-0.05, 0) is 48.1 Å². The Morgan fingerprint density at radius 3 is 3.27 bits per heavy atom. The molecule has 1 aromatic rings. The molecule has 3 heteroatoms. The summed E-state index contributed by atoms with van der Waals surface area (Å²) in [5.74, 6) is 0.692. The Balaban J connectivity index is 1.74. The minimum Gasteiger partial charge on any atom is -0.381 e. The van der Waals surface area contributed by atoms with Crippen LogP contribution in [-0.4, -0.2) is 19.3 Å². The van der Waals surface area contributed by atoms with Gasteiger partial charge in [-0.25, -0.2) is 0 Å². The first-order chi connectivity index (χ1) is 7.36. The summed E-state index contributed by atoms with van der Waals surface area (Å²) in [5.41, 5.74) is 1.39. The third-order valence-electron chi connectivity index (χ3n) is 3.11. The van der Waals surface area contributed by atoms with Crippen LogP contribution < -0.4 is 5.32 Å². The number of hydrogen-bond acceptors (Lipinski definition) is 3. The maximum absolute atomic E-state index is 5.50. The number of hydrogen-bond donors (Lipinski definition) is 1. The molecule has 15 heavy (non-hydrogen) atoms. The molecular formula is C12H19NOS. The molecule has 0 amide bonds. The van der Waals surface area contributed by atoms with E-state index in [9.17, 15) is 0 Å². The maximum Gasteiger partial charge on any atom is 0.0509 e. The molecule has 0 spiro atoms. The van der Waals surface area contributed by atoms with Crippen LogP contribution in [0.1, 0.15) is 25.3 Å². The predicted octanol–water partition coefficient (Wildman–Crippen LogP) is 2.65. The number of nitrogens with one attached hydrogen (secondary N) is 1. The lowest BCUT2D eigenvalue weighted by Gasteiger charge is -2.28. The second kappa shape index (κ2) is 5.64. The van der Waals surface area contributed by atoms with Crippen LogP contribution in [0, 0.1) is 5.92 Å². The molecule has 2 atom stereocenters. The van der Waals surface area contributed by atoms with Crippen LogP contribution in [0.3, 0.4) is 0 Å². The molecular weight excluding hydrogens is 206 g/mol. The molecule has 84 valence electrons. The summed E-state index contributed by atoms with van der Waals surface area (Å²) in [6.07, 6.45) is 2.52. The monoisotopic (exact) mass is 225 g/mol. The highest BCUT2D eigenvalue weighted by Gasteiger charge is 2.19. The van der Waals surface area contributed by atoms with Crippen molar-refractivity contribution in [2.24, 2.45) is 5.92 Å². The molecule has 1 aliphatic heterocycles. The van der Waals surface area contributed by atoms with Gasteiger partial charge < -0.3 is 10.1 Å². The summed E-state index contributed by atoms with van der Waals surface area (Å²) in [6.45, 7) is 5.14. The zero-order chi connectivity index (χ0) is 10.5. The molecule has 0 aromatic carbocycles. The Morgan fingerprint density at radius 1 is 1.67 bits per heavy atom. The molecule has 1 aliphatic rings. The average molecular weight is 225 g/mol. The van der Waals surface area contributed by atoms with Crippen molar-refractivity contribution in [2.45, 2.75) is 32.4 Å². The zero-order valence-electron chi connectivity index (χ0n) is 9.24. The Bertz CT molecular complexity index is 267. The van der Waals surface area contributed by atoms with Crippen molar-refractivity contribution in [1.82, 2.24) is 5.32 Å².